The maximum absolute atomic E-state index is 9.88. The number of benzene rings is 2. The molecule has 0 unspecified atom stereocenters. The molecule has 25 heavy (non-hydrogen) atoms. The average Bonchev–Trinajstić information content (AvgIpc) is 2.67. The summed E-state index contributed by atoms with van der Waals surface area (Å²) < 4.78 is 10.5. The van der Waals surface area contributed by atoms with Crippen LogP contribution in [0, 0.1) is 0 Å². The third-order valence-corrected chi connectivity index (χ3v) is 3.50. The van der Waals surface area contributed by atoms with Gasteiger partial charge in [0.2, 0.25) is 0 Å². The molecule has 8 heteroatoms. The van der Waals surface area contributed by atoms with Crippen LogP contribution in [-0.2, 0) is 0 Å². The van der Waals surface area contributed by atoms with Crippen LogP contribution in [0.4, 0.5) is 11.6 Å². The molecule has 128 valence electrons. The number of anilines is 2. The number of hydrogen-bond acceptors (Lipinski definition) is 8. The van der Waals surface area contributed by atoms with E-state index in [0.29, 0.717) is 22.7 Å². The Balaban J connectivity index is 2.02. The minimum atomic E-state index is -0.429. The topological polar surface area (TPSA) is 107 Å². The van der Waals surface area contributed by atoms with Crippen LogP contribution in [0.5, 0.6) is 17.5 Å². The van der Waals surface area contributed by atoms with Crippen LogP contribution in [0.1, 0.15) is 0 Å². The van der Waals surface area contributed by atoms with Gasteiger partial charge in [-0.1, -0.05) is 18.2 Å². The monoisotopic (exact) mass is 339 g/mol. The number of methoxy groups -OCH3 is 2. The zero-order valence-corrected chi connectivity index (χ0v) is 13.7. The Hall–Kier alpha value is -3.39. The molecular weight excluding hydrogens is 322 g/mol. The van der Waals surface area contributed by atoms with E-state index in [9.17, 15) is 5.11 Å². The molecule has 0 radical (unpaired) electrons. The van der Waals surface area contributed by atoms with Gasteiger partial charge in [-0.2, -0.15) is 15.0 Å². The van der Waals surface area contributed by atoms with Crippen LogP contribution in [-0.4, -0.2) is 34.3 Å². The average molecular weight is 339 g/mol. The second-order valence-electron chi connectivity index (χ2n) is 5.03. The molecule has 0 bridgehead atoms. The van der Waals surface area contributed by atoms with Crippen molar-refractivity contribution < 1.29 is 14.6 Å². The summed E-state index contributed by atoms with van der Waals surface area (Å²) in [5.41, 5.74) is 1.30. The Kier molecular flexibility index (Phi) is 4.62. The van der Waals surface area contributed by atoms with Gasteiger partial charge >= 0.3 is 6.01 Å². The second kappa shape index (κ2) is 7.02. The van der Waals surface area contributed by atoms with Gasteiger partial charge in [0.25, 0.3) is 5.95 Å². The van der Waals surface area contributed by atoms with Crippen molar-refractivity contribution in [1.29, 1.82) is 0 Å². The number of aromatic nitrogens is 3. The highest BCUT2D eigenvalue weighted by Crippen LogP contribution is 2.32. The number of nitrogens with zero attached hydrogens (tertiary/aromatic N) is 4. The van der Waals surface area contributed by atoms with Crippen molar-refractivity contribution in [3.8, 4) is 28.9 Å². The number of aromatic hydroxyl groups is 1. The summed E-state index contributed by atoms with van der Waals surface area (Å²) in [7, 11) is 3.09. The maximum atomic E-state index is 9.88. The zero-order valence-electron chi connectivity index (χ0n) is 13.7. The van der Waals surface area contributed by atoms with E-state index in [2.05, 4.69) is 15.0 Å². The Labute approximate surface area is 144 Å². The Morgan fingerprint density at radius 3 is 2.32 bits per heavy atom. The van der Waals surface area contributed by atoms with Crippen LogP contribution in [0.2, 0.25) is 0 Å². The molecule has 3 aromatic rings. The van der Waals surface area contributed by atoms with Gasteiger partial charge in [0.05, 0.1) is 19.9 Å². The molecule has 2 aromatic carbocycles. The van der Waals surface area contributed by atoms with E-state index < -0.39 is 6.01 Å². The first kappa shape index (κ1) is 16.5. The minimum absolute atomic E-state index is 0.114. The smallest absolute Gasteiger partial charge is 0.319 e. The van der Waals surface area contributed by atoms with E-state index in [-0.39, 0.29) is 11.8 Å². The first-order valence-electron chi connectivity index (χ1n) is 7.39. The lowest BCUT2D eigenvalue weighted by molar-refractivity contribution is 0.355. The van der Waals surface area contributed by atoms with E-state index >= 15 is 0 Å². The summed E-state index contributed by atoms with van der Waals surface area (Å²) in [6, 6.07) is 13.9. The first-order chi connectivity index (χ1) is 12.1. The van der Waals surface area contributed by atoms with Crippen LogP contribution in [0.25, 0.3) is 11.4 Å². The highest BCUT2D eigenvalue weighted by Gasteiger charge is 2.15. The summed E-state index contributed by atoms with van der Waals surface area (Å²) in [5.74, 6) is 7.53. The van der Waals surface area contributed by atoms with E-state index in [0.717, 1.165) is 0 Å². The number of hydrazine groups is 1. The van der Waals surface area contributed by atoms with Crippen LogP contribution in [0.3, 0.4) is 0 Å². The maximum Gasteiger partial charge on any atom is 0.319 e. The van der Waals surface area contributed by atoms with Crippen molar-refractivity contribution in [2.24, 2.45) is 5.84 Å². The molecule has 3 N–H and O–H groups in total. The fourth-order valence-corrected chi connectivity index (χ4v) is 2.27. The van der Waals surface area contributed by atoms with E-state index in [4.69, 9.17) is 15.3 Å². The Morgan fingerprint density at radius 2 is 1.64 bits per heavy atom. The number of rotatable bonds is 5. The van der Waals surface area contributed by atoms with Gasteiger partial charge < -0.3 is 14.6 Å². The van der Waals surface area contributed by atoms with Crippen molar-refractivity contribution in [2.75, 3.05) is 19.2 Å². The van der Waals surface area contributed by atoms with Gasteiger partial charge in [0.15, 0.2) is 17.3 Å². The predicted molar refractivity (Wildman–Crippen MR) is 92.8 cm³/mol. The fourth-order valence-electron chi connectivity index (χ4n) is 2.27. The largest absolute Gasteiger partial charge is 0.493 e. The van der Waals surface area contributed by atoms with Crippen LogP contribution >= 0.6 is 0 Å². The van der Waals surface area contributed by atoms with E-state index in [1.165, 1.54) is 12.1 Å². The van der Waals surface area contributed by atoms with Crippen LogP contribution < -0.4 is 20.3 Å². The molecule has 1 heterocycles. The van der Waals surface area contributed by atoms with Crippen molar-refractivity contribution >= 4 is 11.6 Å². The Morgan fingerprint density at radius 1 is 0.920 bits per heavy atom. The molecule has 0 aliphatic heterocycles. The number of para-hydroxylation sites is 1. The van der Waals surface area contributed by atoms with Gasteiger partial charge in [-0.15, -0.1) is 0 Å². The summed E-state index contributed by atoms with van der Waals surface area (Å²) >= 11 is 0. The SMILES string of the molecule is COc1ccc(-c2nc(O)nc(N(N)c3ccccc3)n2)cc1OC. The normalized spacial score (nSPS) is 10.4. The van der Waals surface area contributed by atoms with Crippen molar-refractivity contribution in [1.82, 2.24) is 15.0 Å². The molecule has 0 fully saturated rings. The molecule has 0 aliphatic rings. The number of hydrogen-bond donors (Lipinski definition) is 2. The Bertz CT molecular complexity index is 873. The molecule has 0 spiro atoms. The molecule has 0 aliphatic carbocycles. The van der Waals surface area contributed by atoms with Gasteiger partial charge in [-0.05, 0) is 30.3 Å². The summed E-state index contributed by atoms with van der Waals surface area (Å²) in [6.45, 7) is 0. The third kappa shape index (κ3) is 3.43. The molecule has 1 aromatic heterocycles. The lowest BCUT2D eigenvalue weighted by atomic mass is 10.2. The molecule has 0 saturated heterocycles. The van der Waals surface area contributed by atoms with Gasteiger partial charge in [-0.3, -0.25) is 0 Å². The minimum Gasteiger partial charge on any atom is -0.493 e. The molecular formula is C17H17N5O3. The van der Waals surface area contributed by atoms with Gasteiger partial charge in [0.1, 0.15) is 0 Å². The summed E-state index contributed by atoms with van der Waals surface area (Å²) in [4.78, 5) is 12.2. The summed E-state index contributed by atoms with van der Waals surface area (Å²) in [6.07, 6.45) is 0. The van der Waals surface area contributed by atoms with Gasteiger partial charge in [0, 0.05) is 5.56 Å². The fraction of sp³-hybridized carbons (Fsp3) is 0.118. The van der Waals surface area contributed by atoms with Crippen molar-refractivity contribution in [3.63, 3.8) is 0 Å². The van der Waals surface area contributed by atoms with Crippen molar-refractivity contribution in [3.05, 3.63) is 48.5 Å². The molecule has 3 rings (SSSR count). The lowest BCUT2D eigenvalue weighted by Gasteiger charge is -2.17. The second-order valence-corrected chi connectivity index (χ2v) is 5.03. The first-order valence-corrected chi connectivity index (χ1v) is 7.39. The molecule has 8 nitrogen and oxygen atoms in total. The third-order valence-electron chi connectivity index (χ3n) is 3.50. The summed E-state index contributed by atoms with van der Waals surface area (Å²) in [5, 5.41) is 11.1. The highest BCUT2D eigenvalue weighted by molar-refractivity contribution is 5.63. The molecule has 0 atom stereocenters. The quantitative estimate of drug-likeness (QED) is 0.538. The van der Waals surface area contributed by atoms with Crippen molar-refractivity contribution in [2.45, 2.75) is 0 Å². The molecule has 0 amide bonds. The lowest BCUT2D eigenvalue weighted by Crippen LogP contribution is -2.27. The predicted octanol–water partition coefficient (Wildman–Crippen LogP) is 2.27. The standard InChI is InChI=1S/C17H17N5O3/c1-24-13-9-8-11(10-14(13)25-2)15-19-16(21-17(23)20-15)22(18)12-6-4-3-5-7-12/h3-10H,18H2,1-2H3,(H,19,20,21,23). The highest BCUT2D eigenvalue weighted by atomic mass is 16.5. The zero-order chi connectivity index (χ0) is 17.8. The van der Waals surface area contributed by atoms with Gasteiger partial charge in [-0.25, -0.2) is 10.9 Å². The number of nitrogens with two attached hydrogens (primary N) is 1. The molecule has 0 saturated carbocycles. The van der Waals surface area contributed by atoms with Crippen LogP contribution in [0.15, 0.2) is 48.5 Å². The van der Waals surface area contributed by atoms with E-state index in [1.807, 2.05) is 18.2 Å². The van der Waals surface area contributed by atoms with E-state index in [1.54, 1.807) is 37.4 Å². The number of ether oxygens (including phenoxy) is 2.